The van der Waals surface area contributed by atoms with E-state index < -0.39 is 0 Å². The zero-order valence-corrected chi connectivity index (χ0v) is 12.8. The van der Waals surface area contributed by atoms with Gasteiger partial charge in [0.05, 0.1) is 4.88 Å². The third-order valence-electron chi connectivity index (χ3n) is 3.22. The van der Waals surface area contributed by atoms with Crippen LogP contribution in [0.2, 0.25) is 0 Å². The monoisotopic (exact) mass is 302 g/mol. The van der Waals surface area contributed by atoms with Gasteiger partial charge in [-0.15, -0.1) is 22.7 Å². The van der Waals surface area contributed by atoms with Crippen molar-refractivity contribution in [2.24, 2.45) is 0 Å². The molecular weight excluding hydrogens is 288 g/mol. The van der Waals surface area contributed by atoms with Crippen molar-refractivity contribution < 1.29 is 4.79 Å². The van der Waals surface area contributed by atoms with E-state index in [4.69, 9.17) is 5.73 Å². The molecule has 0 fully saturated rings. The molecule has 0 radical (unpaired) electrons. The van der Waals surface area contributed by atoms with Crippen molar-refractivity contribution in [3.63, 3.8) is 0 Å². The summed E-state index contributed by atoms with van der Waals surface area (Å²) in [6.07, 6.45) is 0. The topological polar surface area (TPSA) is 55.1 Å². The van der Waals surface area contributed by atoms with Gasteiger partial charge in [-0.2, -0.15) is 0 Å². The molecule has 0 aliphatic rings. The van der Waals surface area contributed by atoms with Gasteiger partial charge < -0.3 is 11.1 Å². The van der Waals surface area contributed by atoms with Crippen LogP contribution >= 0.6 is 22.7 Å². The van der Waals surface area contributed by atoms with Gasteiger partial charge in [0.2, 0.25) is 0 Å². The first-order chi connectivity index (χ1) is 9.54. The van der Waals surface area contributed by atoms with E-state index in [1.165, 1.54) is 11.3 Å². The Balaban J connectivity index is 1.89. The maximum atomic E-state index is 12.3. The van der Waals surface area contributed by atoms with Crippen LogP contribution in [0.5, 0.6) is 0 Å². The van der Waals surface area contributed by atoms with Crippen LogP contribution in [-0.2, 0) is 0 Å². The number of fused-ring (bicyclic) bond motifs is 1. The molecule has 20 heavy (non-hydrogen) atoms. The summed E-state index contributed by atoms with van der Waals surface area (Å²) in [5.74, 6) is -0.0789. The minimum absolute atomic E-state index is 0.0789. The number of carbonyl (C=O) groups is 1. The highest BCUT2D eigenvalue weighted by atomic mass is 32.1. The van der Waals surface area contributed by atoms with Crippen LogP contribution in [-0.4, -0.2) is 5.91 Å². The Bertz CT molecular complexity index is 773. The van der Waals surface area contributed by atoms with E-state index in [0.717, 1.165) is 31.1 Å². The normalized spacial score (nSPS) is 10.9. The summed E-state index contributed by atoms with van der Waals surface area (Å²) in [5, 5.41) is 4.98. The van der Waals surface area contributed by atoms with Crippen LogP contribution in [0.15, 0.2) is 29.6 Å². The molecule has 0 aliphatic heterocycles. The van der Waals surface area contributed by atoms with E-state index in [-0.39, 0.29) is 5.91 Å². The number of aryl methyl sites for hydroxylation is 2. The lowest BCUT2D eigenvalue weighted by molar-refractivity contribution is 0.103. The molecule has 0 unspecified atom stereocenters. The number of amides is 1. The second-order valence-corrected chi connectivity index (χ2v) is 6.77. The maximum Gasteiger partial charge on any atom is 0.265 e. The first-order valence-corrected chi connectivity index (χ1v) is 7.89. The van der Waals surface area contributed by atoms with Crippen LogP contribution in [0.4, 0.5) is 11.4 Å². The third-order valence-corrected chi connectivity index (χ3v) is 5.32. The van der Waals surface area contributed by atoms with Crippen molar-refractivity contribution >= 4 is 49.4 Å². The number of rotatable bonds is 2. The van der Waals surface area contributed by atoms with Gasteiger partial charge in [0.1, 0.15) is 0 Å². The predicted molar refractivity (Wildman–Crippen MR) is 88.0 cm³/mol. The molecule has 0 spiro atoms. The average molecular weight is 302 g/mol. The number of thiophene rings is 2. The molecule has 1 amide bonds. The van der Waals surface area contributed by atoms with Gasteiger partial charge in [-0.25, -0.2) is 0 Å². The highest BCUT2D eigenvalue weighted by molar-refractivity contribution is 7.27. The summed E-state index contributed by atoms with van der Waals surface area (Å²) in [4.78, 5) is 13.0. The standard InChI is InChI=1S/C15H14N2OS2/c1-8-5-9(2)11(6-10(8)16)17-15(18)14-7-13-12(20-14)3-4-19-13/h3-7H,16H2,1-2H3,(H,17,18). The fraction of sp³-hybridized carbons (Fsp3) is 0.133. The highest BCUT2D eigenvalue weighted by Gasteiger charge is 2.13. The Labute approximate surface area is 125 Å². The minimum atomic E-state index is -0.0789. The lowest BCUT2D eigenvalue weighted by Crippen LogP contribution is -2.11. The SMILES string of the molecule is Cc1cc(C)c(NC(=O)c2cc3sccc3s2)cc1N. The summed E-state index contributed by atoms with van der Waals surface area (Å²) in [6.45, 7) is 3.93. The number of nitrogens with one attached hydrogen (secondary N) is 1. The molecule has 3 N–H and O–H groups in total. The summed E-state index contributed by atoms with van der Waals surface area (Å²) < 4.78 is 2.31. The largest absolute Gasteiger partial charge is 0.398 e. The second kappa shape index (κ2) is 4.92. The van der Waals surface area contributed by atoms with Gasteiger partial charge in [0, 0.05) is 20.8 Å². The lowest BCUT2D eigenvalue weighted by Gasteiger charge is -2.10. The third kappa shape index (κ3) is 2.30. The molecule has 2 aromatic heterocycles. The Kier molecular flexibility index (Phi) is 3.23. The van der Waals surface area contributed by atoms with E-state index in [0.29, 0.717) is 5.69 Å². The van der Waals surface area contributed by atoms with Gasteiger partial charge in [-0.05, 0) is 48.6 Å². The summed E-state index contributed by atoms with van der Waals surface area (Å²) in [6, 6.07) is 7.78. The molecule has 102 valence electrons. The van der Waals surface area contributed by atoms with E-state index in [2.05, 4.69) is 5.32 Å². The molecule has 5 heteroatoms. The molecule has 3 rings (SSSR count). The van der Waals surface area contributed by atoms with Crippen LogP contribution in [0.1, 0.15) is 20.8 Å². The molecule has 0 aliphatic carbocycles. The van der Waals surface area contributed by atoms with Crippen molar-refractivity contribution in [1.29, 1.82) is 0 Å². The first-order valence-electron chi connectivity index (χ1n) is 6.19. The Morgan fingerprint density at radius 3 is 2.70 bits per heavy atom. The number of hydrogen-bond acceptors (Lipinski definition) is 4. The van der Waals surface area contributed by atoms with Crippen LogP contribution in [0, 0.1) is 13.8 Å². The van der Waals surface area contributed by atoms with Gasteiger partial charge in [0.15, 0.2) is 0 Å². The van der Waals surface area contributed by atoms with E-state index in [1.54, 1.807) is 11.3 Å². The van der Waals surface area contributed by atoms with Crippen LogP contribution < -0.4 is 11.1 Å². The lowest BCUT2D eigenvalue weighted by atomic mass is 10.1. The van der Waals surface area contributed by atoms with Crippen LogP contribution in [0.25, 0.3) is 9.40 Å². The van der Waals surface area contributed by atoms with E-state index >= 15 is 0 Å². The molecule has 3 aromatic rings. The highest BCUT2D eigenvalue weighted by Crippen LogP contribution is 2.31. The van der Waals surface area contributed by atoms with Gasteiger partial charge >= 0.3 is 0 Å². The van der Waals surface area contributed by atoms with Gasteiger partial charge in [-0.3, -0.25) is 4.79 Å². The number of hydrogen-bond donors (Lipinski definition) is 2. The molecule has 0 atom stereocenters. The molecule has 3 nitrogen and oxygen atoms in total. The molecule has 0 bridgehead atoms. The molecular formula is C15H14N2OS2. The van der Waals surface area contributed by atoms with Crippen molar-refractivity contribution in [2.75, 3.05) is 11.1 Å². The predicted octanol–water partition coefficient (Wildman–Crippen LogP) is 4.41. The zero-order valence-electron chi connectivity index (χ0n) is 11.2. The van der Waals surface area contributed by atoms with Gasteiger partial charge in [-0.1, -0.05) is 6.07 Å². The number of anilines is 2. The van der Waals surface area contributed by atoms with Gasteiger partial charge in [0.25, 0.3) is 5.91 Å². The van der Waals surface area contributed by atoms with Crippen LogP contribution in [0.3, 0.4) is 0 Å². The Morgan fingerprint density at radius 1 is 1.15 bits per heavy atom. The van der Waals surface area contributed by atoms with Crippen molar-refractivity contribution in [3.05, 3.63) is 45.6 Å². The summed E-state index contributed by atoms with van der Waals surface area (Å²) in [7, 11) is 0. The number of nitrogen functional groups attached to an aromatic ring is 1. The van der Waals surface area contributed by atoms with Crippen molar-refractivity contribution in [1.82, 2.24) is 0 Å². The number of carbonyl (C=O) groups excluding carboxylic acids is 1. The second-order valence-electron chi connectivity index (χ2n) is 4.74. The average Bonchev–Trinajstić information content (AvgIpc) is 2.96. The minimum Gasteiger partial charge on any atom is -0.398 e. The Hall–Kier alpha value is -1.85. The van der Waals surface area contributed by atoms with Crippen molar-refractivity contribution in [2.45, 2.75) is 13.8 Å². The molecule has 2 heterocycles. The maximum absolute atomic E-state index is 12.3. The quantitative estimate of drug-likeness (QED) is 0.689. The smallest absolute Gasteiger partial charge is 0.265 e. The number of nitrogens with two attached hydrogens (primary N) is 1. The Morgan fingerprint density at radius 2 is 1.95 bits per heavy atom. The molecule has 0 saturated heterocycles. The van der Waals surface area contributed by atoms with E-state index in [9.17, 15) is 4.79 Å². The molecule has 1 aromatic carbocycles. The fourth-order valence-corrected chi connectivity index (χ4v) is 4.07. The van der Waals surface area contributed by atoms with Crippen molar-refractivity contribution in [3.8, 4) is 0 Å². The summed E-state index contributed by atoms with van der Waals surface area (Å²) >= 11 is 3.16. The van der Waals surface area contributed by atoms with E-state index in [1.807, 2.05) is 43.5 Å². The molecule has 0 saturated carbocycles. The summed E-state index contributed by atoms with van der Waals surface area (Å²) in [5.41, 5.74) is 9.41. The zero-order chi connectivity index (χ0) is 14.3. The first kappa shape index (κ1) is 13.1. The fourth-order valence-electron chi connectivity index (χ4n) is 2.07. The number of benzene rings is 1.